The van der Waals surface area contributed by atoms with Crippen molar-refractivity contribution in [2.24, 2.45) is 40.9 Å². The van der Waals surface area contributed by atoms with Gasteiger partial charge in [0.1, 0.15) is 51.8 Å². The molecule has 0 fully saturated rings. The van der Waals surface area contributed by atoms with Crippen molar-refractivity contribution in [2.45, 2.75) is 53.0 Å². The quantitative estimate of drug-likeness (QED) is 0.0252. The molecule has 0 atom stereocenters. The van der Waals surface area contributed by atoms with Crippen LogP contribution in [0.3, 0.4) is 0 Å². The summed E-state index contributed by atoms with van der Waals surface area (Å²) in [4.78, 5) is 16.8. The average Bonchev–Trinajstić information content (AvgIpc) is 0.758. The van der Waals surface area contributed by atoms with Gasteiger partial charge in [0.25, 0.3) is 40.5 Å². The second-order valence-electron chi connectivity index (χ2n) is 20.7. The normalized spacial score (nSPS) is 12.5. The molecule has 0 unspecified atom stereocenters. The minimum Gasteiger partial charge on any atom is -0.744 e. The van der Waals surface area contributed by atoms with Crippen molar-refractivity contribution in [3.63, 3.8) is 0 Å². The van der Waals surface area contributed by atoms with Crippen molar-refractivity contribution in [1.82, 2.24) is 0 Å². The van der Waals surface area contributed by atoms with E-state index in [1.165, 1.54) is 60.7 Å². The molecule has 50 heteroatoms. The predicted octanol–water partition coefficient (Wildman–Crippen LogP) is -2.41. The van der Waals surface area contributed by atoms with Crippen LogP contribution in [0.4, 0.5) is 56.9 Å². The number of rotatable bonds is 18. The van der Waals surface area contributed by atoms with Crippen molar-refractivity contribution >= 4 is 193 Å². The fourth-order valence-electron chi connectivity index (χ4n) is 9.53. The molecule has 10 aromatic carbocycles. The predicted molar refractivity (Wildman–Crippen MR) is 348 cm³/mol. The van der Waals surface area contributed by atoms with Crippen LogP contribution >= 0.6 is 0 Å². The summed E-state index contributed by atoms with van der Waals surface area (Å²) in [5.41, 5.74) is -2.91. The van der Waals surface area contributed by atoms with Gasteiger partial charge in [-0.2, -0.15) is 43.9 Å². The van der Waals surface area contributed by atoms with Crippen molar-refractivity contribution in [1.29, 1.82) is 0 Å². The monoisotopic (exact) mass is 1650 g/mol. The number of aromatic hydroxyl groups is 2. The summed E-state index contributed by atoms with van der Waals surface area (Å²) in [7, 11) is -40.5. The second-order valence-corrected chi connectivity index (χ2v) is 31.8. The van der Waals surface area contributed by atoms with Crippen molar-refractivity contribution in [2.75, 3.05) is 10.6 Å². The first-order valence-corrected chi connectivity index (χ1v) is 38.5. The van der Waals surface area contributed by atoms with Crippen molar-refractivity contribution in [3.05, 3.63) is 146 Å². The summed E-state index contributed by atoms with van der Waals surface area (Å²) >= 11 is 0. The number of nitrogens with one attached hydrogen (secondary N) is 2. The summed E-state index contributed by atoms with van der Waals surface area (Å²) in [5.74, 6) is -3.84. The molecule has 0 aliphatic rings. The molecule has 0 saturated carbocycles. The number of azo groups is 4. The van der Waals surface area contributed by atoms with Crippen LogP contribution < -0.4 is 129 Å². The number of carbonyl (C=O) groups excluding carboxylic acids is 2. The zero-order valence-electron chi connectivity index (χ0n) is 54.4. The van der Waals surface area contributed by atoms with Crippen molar-refractivity contribution < 1.29 is 242 Å². The summed E-state index contributed by atoms with van der Waals surface area (Å²) in [5, 5.41) is 55.6. The van der Waals surface area contributed by atoms with Gasteiger partial charge < -0.3 is 39.1 Å². The molecule has 0 heterocycles. The molecule has 0 radical (unpaired) electrons. The molecule has 0 spiro atoms. The van der Waals surface area contributed by atoms with E-state index in [1.807, 2.05) is 0 Å². The molecule has 0 bridgehead atoms. The summed E-state index contributed by atoms with van der Waals surface area (Å²) in [6, 6.07) is 24.5. The van der Waals surface area contributed by atoms with E-state index in [0.717, 1.165) is 86.6 Å². The van der Waals surface area contributed by atoms with E-state index < -0.39 is 176 Å². The third kappa shape index (κ3) is 21.1. The summed E-state index contributed by atoms with van der Waals surface area (Å²) in [6.45, 7) is 2.10. The van der Waals surface area contributed by atoms with Gasteiger partial charge in [-0.05, 0) is 133 Å². The van der Waals surface area contributed by atoms with Crippen molar-refractivity contribution in [3.8, 4) is 11.5 Å². The van der Waals surface area contributed by atoms with Gasteiger partial charge >= 0.3 is 118 Å². The molecule has 0 aliphatic heterocycles. The van der Waals surface area contributed by atoms with Crippen LogP contribution in [0.2, 0.25) is 0 Å². The second kappa shape index (κ2) is 34.2. The number of hydrogen-bond acceptors (Lipinski definition) is 32. The molecule has 10 aromatic rings. The molecule has 2 amide bonds. The third-order valence-electron chi connectivity index (χ3n) is 13.9. The van der Waals surface area contributed by atoms with E-state index in [4.69, 9.17) is 9.11 Å². The molecule has 0 saturated heterocycles. The largest absolute Gasteiger partial charge is 1.00 e. The van der Waals surface area contributed by atoms with Gasteiger partial charge in [0.05, 0.1) is 95.4 Å². The van der Waals surface area contributed by atoms with Gasteiger partial charge in [0.15, 0.2) is 11.5 Å². The zero-order chi connectivity index (χ0) is 75.4. The van der Waals surface area contributed by atoms with E-state index in [0.29, 0.717) is 12.1 Å². The third-order valence-corrected chi connectivity index (χ3v) is 20.8. The van der Waals surface area contributed by atoms with Crippen LogP contribution in [0, 0.1) is 0 Å². The smallest absolute Gasteiger partial charge is 0.744 e. The zero-order valence-corrected chi connectivity index (χ0v) is 68.9. The molecule has 8 N–H and O–H groups in total. The first kappa shape index (κ1) is 90.1. The molecule has 0 aromatic heterocycles. The maximum Gasteiger partial charge on any atom is 1.00 e. The fourth-order valence-corrected chi connectivity index (χ4v) is 14.1. The minimum absolute atomic E-state index is 0. The number of nitrogens with zero attached hydrogens (tertiary/aromatic N) is 8. The Morgan fingerprint density at radius 1 is 0.311 bits per heavy atom. The Morgan fingerprint density at radius 3 is 0.840 bits per heavy atom. The number of amides is 2. The van der Waals surface area contributed by atoms with E-state index in [2.05, 4.69) is 51.5 Å². The fraction of sp³-hybridized carbons (Fsp3) is 0.0357. The molecule has 532 valence electrons. The van der Waals surface area contributed by atoms with Crippen LogP contribution in [0.5, 0.6) is 11.5 Å². The van der Waals surface area contributed by atoms with Crippen LogP contribution in [-0.2, 0) is 90.5 Å². The van der Waals surface area contributed by atoms with Gasteiger partial charge in [0, 0.05) is 46.2 Å². The maximum atomic E-state index is 12.3. The standard InChI is InChI=1S/2C28H21N5O14S4.4Na/c2*1-14(34)29-23-10-11-24(50(42,43)44)20-13-25(51(45,46)47)27(28(35)26(20)23)33-32-22-9-8-21(18-7-6-17(12-19(18)22)49(39,40)41)31-30-15-2-4-16(5-3-15)48(36,37)38;;;;/h2*2-13,35H,1H3,(H,29,34)(H,36,37,38)(H,39,40,41)(H,42,43,44)(H,45,46,47);;;;/q;;4*+1/p-4. The number of carbonyl (C=O) groups is 2. The first-order chi connectivity index (χ1) is 47.1. The van der Waals surface area contributed by atoms with Gasteiger partial charge in [-0.25, -0.2) is 33.7 Å². The van der Waals surface area contributed by atoms with E-state index in [9.17, 15) is 114 Å². The van der Waals surface area contributed by atoms with Gasteiger partial charge in [-0.15, -0.1) is 30.7 Å². The summed E-state index contributed by atoms with van der Waals surface area (Å²) < 4.78 is 277. The number of fused-ring (bicyclic) bond motifs is 4. The van der Waals surface area contributed by atoms with E-state index in [-0.39, 0.29) is 185 Å². The number of benzene rings is 10. The Bertz CT molecular complexity index is 6020. The Morgan fingerprint density at radius 2 is 0.575 bits per heavy atom. The topological polar surface area (TPSA) is 644 Å². The number of hydrogen-bond donors (Lipinski definition) is 8. The van der Waals surface area contributed by atoms with Crippen LogP contribution in [-0.4, -0.2) is 126 Å². The van der Waals surface area contributed by atoms with Gasteiger partial charge in [0.2, 0.25) is 11.8 Å². The average molecular weight is 1650 g/mol. The van der Waals surface area contributed by atoms with Gasteiger partial charge in [-0.3, -0.25) is 27.8 Å². The Hall–Kier alpha value is -6.54. The van der Waals surface area contributed by atoms with Crippen LogP contribution in [0.1, 0.15) is 13.8 Å². The number of phenolic OH excluding ortho intramolecular Hbond substituents is 2. The van der Waals surface area contributed by atoms with E-state index >= 15 is 0 Å². The number of phenols is 2. The maximum absolute atomic E-state index is 12.3. The van der Waals surface area contributed by atoms with E-state index in [1.54, 1.807) is 0 Å². The molecule has 10 rings (SSSR count). The summed E-state index contributed by atoms with van der Waals surface area (Å²) in [6.07, 6.45) is 0. The Balaban J connectivity index is 0.000000367. The number of anilines is 2. The molecule has 38 nitrogen and oxygen atoms in total. The van der Waals surface area contributed by atoms with Crippen LogP contribution in [0.25, 0.3) is 43.1 Å². The van der Waals surface area contributed by atoms with Crippen LogP contribution in [0.15, 0.2) is 226 Å². The Kier molecular flexibility index (Phi) is 29.0. The molecule has 106 heavy (non-hydrogen) atoms. The molecule has 0 aliphatic carbocycles. The SMILES string of the molecule is CC(=O)Nc1ccc(S(=O)(=O)[O-])c2cc(S(=O)(=O)[O-])c(N=Nc3ccc(N=Nc4ccc(S(=O)(=O)O)cc4)c4ccc(S(=O)(=O)O)cc34)c(O)c12.CC(=O)Nc1ccc(S(=O)(=O)[O-])c2cc(S(=O)(=O)[O-])c(N=Nc3ccc(N=Nc4ccc(S(=O)(=O)O)cc4)c4ccc(S(=O)(=O)O)cc34)c(O)c12.[Na+].[Na+].[Na+].[Na+]. The van der Waals surface area contributed by atoms with Gasteiger partial charge in [-0.1, -0.05) is 12.1 Å². The Labute approximate surface area is 687 Å². The first-order valence-electron chi connectivity index (χ1n) is 27.1. The molecular weight excluding hydrogens is 1610 g/mol. The minimum atomic E-state index is -5.60. The molecular formula is C56H38N10Na4O28S8.